The van der Waals surface area contributed by atoms with Crippen molar-refractivity contribution in [2.75, 3.05) is 19.6 Å². The lowest BCUT2D eigenvalue weighted by atomic mass is 9.78. The zero-order chi connectivity index (χ0) is 13.0. The van der Waals surface area contributed by atoms with Crippen LogP contribution in [0.1, 0.15) is 52.9 Å². The number of nitrogens with zero attached hydrogens (tertiary/aromatic N) is 1. The first-order chi connectivity index (χ1) is 8.45. The van der Waals surface area contributed by atoms with Gasteiger partial charge in [-0.05, 0) is 55.4 Å². The van der Waals surface area contributed by atoms with Crippen LogP contribution >= 0.6 is 0 Å². The lowest BCUT2D eigenvalue weighted by Gasteiger charge is -2.45. The predicted octanol–water partition coefficient (Wildman–Crippen LogP) is 2.87. The lowest BCUT2D eigenvalue weighted by molar-refractivity contribution is 0.0541. The second-order valence-electron chi connectivity index (χ2n) is 8.19. The van der Waals surface area contributed by atoms with Gasteiger partial charge in [-0.1, -0.05) is 27.2 Å². The molecule has 2 bridgehead atoms. The Bertz CT molecular complexity index is 320. The topological polar surface area (TPSA) is 29.3 Å². The zero-order valence-corrected chi connectivity index (χ0v) is 12.4. The molecule has 0 aromatic heterocycles. The van der Waals surface area contributed by atoms with E-state index in [1.807, 2.05) is 0 Å². The zero-order valence-electron chi connectivity index (χ0n) is 12.4. The molecule has 2 nitrogen and oxygen atoms in total. The molecule has 18 heavy (non-hydrogen) atoms. The number of hydrogen-bond acceptors (Lipinski definition) is 2. The molecule has 104 valence electrons. The van der Waals surface area contributed by atoms with Gasteiger partial charge >= 0.3 is 0 Å². The first-order valence-corrected chi connectivity index (χ1v) is 7.91. The third kappa shape index (κ3) is 1.84. The Labute approximate surface area is 112 Å². The van der Waals surface area contributed by atoms with Gasteiger partial charge in [-0.25, -0.2) is 0 Å². The van der Waals surface area contributed by atoms with Crippen molar-refractivity contribution < 1.29 is 0 Å². The number of nitrogens with two attached hydrogens (primary N) is 1. The summed E-state index contributed by atoms with van der Waals surface area (Å²) in [6.45, 7) is 10.7. The van der Waals surface area contributed by atoms with Gasteiger partial charge in [-0.2, -0.15) is 0 Å². The van der Waals surface area contributed by atoms with E-state index in [9.17, 15) is 0 Å². The molecular formula is C16H30N2. The highest BCUT2D eigenvalue weighted by Crippen LogP contribution is 2.54. The third-order valence-corrected chi connectivity index (χ3v) is 6.34. The van der Waals surface area contributed by atoms with Gasteiger partial charge in [0, 0.05) is 18.6 Å². The molecule has 2 saturated carbocycles. The van der Waals surface area contributed by atoms with E-state index in [0.29, 0.717) is 11.0 Å². The van der Waals surface area contributed by atoms with Crippen molar-refractivity contribution in [3.05, 3.63) is 0 Å². The number of fused-ring (bicyclic) bond motifs is 2. The Kier molecular flexibility index (Phi) is 3.02. The van der Waals surface area contributed by atoms with Crippen LogP contribution in [0.5, 0.6) is 0 Å². The highest BCUT2D eigenvalue weighted by molar-refractivity contribution is 5.09. The largest absolute Gasteiger partial charge is 0.329 e. The number of likely N-dealkylation sites (tertiary alicyclic amines) is 1. The smallest absolute Gasteiger partial charge is 0.0362 e. The van der Waals surface area contributed by atoms with Crippen LogP contribution in [-0.2, 0) is 0 Å². The van der Waals surface area contributed by atoms with Crippen molar-refractivity contribution in [1.82, 2.24) is 4.90 Å². The molecule has 0 radical (unpaired) electrons. The van der Waals surface area contributed by atoms with Crippen LogP contribution < -0.4 is 5.73 Å². The van der Waals surface area contributed by atoms with Gasteiger partial charge in [0.2, 0.25) is 0 Å². The summed E-state index contributed by atoms with van der Waals surface area (Å²) in [7, 11) is 0. The minimum atomic E-state index is 0.392. The van der Waals surface area contributed by atoms with E-state index in [2.05, 4.69) is 25.7 Å². The minimum absolute atomic E-state index is 0.392. The van der Waals surface area contributed by atoms with Crippen molar-refractivity contribution in [2.24, 2.45) is 28.9 Å². The van der Waals surface area contributed by atoms with Crippen molar-refractivity contribution in [3.63, 3.8) is 0 Å². The molecule has 0 amide bonds. The molecule has 4 unspecified atom stereocenters. The molecule has 3 aliphatic rings. The molecule has 3 fully saturated rings. The highest BCUT2D eigenvalue weighted by Gasteiger charge is 2.54. The summed E-state index contributed by atoms with van der Waals surface area (Å²) >= 11 is 0. The molecule has 0 aromatic rings. The maximum absolute atomic E-state index is 6.25. The average molecular weight is 250 g/mol. The van der Waals surface area contributed by atoms with E-state index in [1.165, 1.54) is 45.2 Å². The van der Waals surface area contributed by atoms with E-state index in [-0.39, 0.29) is 0 Å². The number of rotatable bonds is 2. The fourth-order valence-corrected chi connectivity index (χ4v) is 5.05. The molecule has 2 N–H and O–H groups in total. The molecule has 3 rings (SSSR count). The Morgan fingerprint density at radius 3 is 2.44 bits per heavy atom. The first kappa shape index (κ1) is 12.9. The monoisotopic (exact) mass is 250 g/mol. The van der Waals surface area contributed by atoms with Crippen LogP contribution in [-0.4, -0.2) is 30.1 Å². The van der Waals surface area contributed by atoms with E-state index in [0.717, 1.165) is 24.3 Å². The highest BCUT2D eigenvalue weighted by atomic mass is 15.2. The van der Waals surface area contributed by atoms with E-state index < -0.39 is 0 Å². The summed E-state index contributed by atoms with van der Waals surface area (Å²) < 4.78 is 0. The quantitative estimate of drug-likeness (QED) is 0.816. The lowest BCUT2D eigenvalue weighted by Crippen LogP contribution is -2.56. The summed E-state index contributed by atoms with van der Waals surface area (Å²) in [4.78, 5) is 2.80. The normalized spacial score (nSPS) is 45.0. The van der Waals surface area contributed by atoms with Crippen LogP contribution in [0.2, 0.25) is 0 Å². The molecule has 1 aliphatic heterocycles. The Hall–Kier alpha value is -0.0800. The maximum Gasteiger partial charge on any atom is 0.0362 e. The molecule has 0 aromatic carbocycles. The van der Waals surface area contributed by atoms with E-state index >= 15 is 0 Å². The Morgan fingerprint density at radius 2 is 2.00 bits per heavy atom. The van der Waals surface area contributed by atoms with Gasteiger partial charge in [0.05, 0.1) is 0 Å². The SMILES string of the molecule is CC(C)(C)C1CCN(C2(CN)CC3CCC2C3)C1. The molecule has 1 heterocycles. The van der Waals surface area contributed by atoms with Gasteiger partial charge in [-0.15, -0.1) is 0 Å². The molecular weight excluding hydrogens is 220 g/mol. The first-order valence-electron chi connectivity index (χ1n) is 7.91. The van der Waals surface area contributed by atoms with Gasteiger partial charge in [0.15, 0.2) is 0 Å². The Morgan fingerprint density at radius 1 is 1.22 bits per heavy atom. The van der Waals surface area contributed by atoms with Crippen LogP contribution in [0, 0.1) is 23.2 Å². The van der Waals surface area contributed by atoms with Gasteiger partial charge in [0.1, 0.15) is 0 Å². The van der Waals surface area contributed by atoms with Crippen LogP contribution in [0.15, 0.2) is 0 Å². The summed E-state index contributed by atoms with van der Waals surface area (Å²) in [5.74, 6) is 2.76. The number of hydrogen-bond donors (Lipinski definition) is 1. The van der Waals surface area contributed by atoms with Crippen molar-refractivity contribution in [2.45, 2.75) is 58.4 Å². The molecule has 1 saturated heterocycles. The van der Waals surface area contributed by atoms with Crippen LogP contribution in [0.3, 0.4) is 0 Å². The standard InChI is InChI=1S/C16H30N2/c1-15(2,3)14-6-7-18(10-14)16(11-17)9-12-4-5-13(16)8-12/h12-14H,4-11,17H2,1-3H3. The van der Waals surface area contributed by atoms with E-state index in [4.69, 9.17) is 5.73 Å². The second kappa shape index (κ2) is 4.21. The van der Waals surface area contributed by atoms with Gasteiger partial charge < -0.3 is 5.73 Å². The van der Waals surface area contributed by atoms with Crippen LogP contribution in [0.25, 0.3) is 0 Å². The fourth-order valence-electron chi connectivity index (χ4n) is 5.05. The Balaban J connectivity index is 1.75. The fraction of sp³-hybridized carbons (Fsp3) is 1.00. The van der Waals surface area contributed by atoms with Gasteiger partial charge in [0.25, 0.3) is 0 Å². The minimum Gasteiger partial charge on any atom is -0.329 e. The molecule has 2 aliphatic carbocycles. The molecule has 0 spiro atoms. The summed E-state index contributed by atoms with van der Waals surface area (Å²) in [6, 6.07) is 0. The molecule has 2 heteroatoms. The molecule has 4 atom stereocenters. The summed E-state index contributed by atoms with van der Waals surface area (Å²) in [5.41, 5.74) is 7.10. The predicted molar refractivity (Wildman–Crippen MR) is 76.4 cm³/mol. The van der Waals surface area contributed by atoms with E-state index in [1.54, 1.807) is 0 Å². The maximum atomic E-state index is 6.25. The van der Waals surface area contributed by atoms with Gasteiger partial charge in [-0.3, -0.25) is 4.90 Å². The van der Waals surface area contributed by atoms with Crippen molar-refractivity contribution in [1.29, 1.82) is 0 Å². The van der Waals surface area contributed by atoms with Crippen molar-refractivity contribution >= 4 is 0 Å². The third-order valence-electron chi connectivity index (χ3n) is 6.34. The average Bonchev–Trinajstić information content (AvgIpc) is 3.02. The summed E-state index contributed by atoms with van der Waals surface area (Å²) in [6.07, 6.45) is 7.16. The van der Waals surface area contributed by atoms with Crippen LogP contribution in [0.4, 0.5) is 0 Å². The van der Waals surface area contributed by atoms with Crippen molar-refractivity contribution in [3.8, 4) is 0 Å². The summed E-state index contributed by atoms with van der Waals surface area (Å²) in [5, 5.41) is 0. The second-order valence-corrected chi connectivity index (χ2v) is 8.19.